The molecule has 0 unspecified atom stereocenters. The molecule has 2 heterocycles. The molecule has 22 heavy (non-hydrogen) atoms. The Bertz CT molecular complexity index is 664. The van der Waals surface area contributed by atoms with Gasteiger partial charge in [0, 0.05) is 24.3 Å². The molecule has 2 amide bonds. The van der Waals surface area contributed by atoms with Crippen LogP contribution in [0.4, 0.5) is 5.69 Å². The second kappa shape index (κ2) is 6.03. The number of anilines is 1. The molecule has 2 N–H and O–H groups in total. The highest BCUT2D eigenvalue weighted by atomic mass is 16.3. The molecule has 1 fully saturated rings. The van der Waals surface area contributed by atoms with Crippen molar-refractivity contribution in [1.29, 1.82) is 0 Å². The minimum Gasteiger partial charge on any atom is -0.459 e. The molecule has 0 spiro atoms. The van der Waals surface area contributed by atoms with E-state index in [-0.39, 0.29) is 17.6 Å². The molecule has 6 heteroatoms. The minimum absolute atomic E-state index is 0.111. The van der Waals surface area contributed by atoms with E-state index in [1.165, 1.54) is 6.26 Å². The lowest BCUT2D eigenvalue weighted by Gasteiger charge is -2.15. The van der Waals surface area contributed by atoms with Crippen LogP contribution >= 0.6 is 0 Å². The first-order chi connectivity index (χ1) is 10.6. The van der Waals surface area contributed by atoms with Crippen LogP contribution in [-0.2, 0) is 0 Å². The van der Waals surface area contributed by atoms with Gasteiger partial charge in [-0.2, -0.15) is 0 Å². The van der Waals surface area contributed by atoms with Crippen molar-refractivity contribution in [3.63, 3.8) is 0 Å². The van der Waals surface area contributed by atoms with Gasteiger partial charge in [0.2, 0.25) is 0 Å². The van der Waals surface area contributed by atoms with Crippen molar-refractivity contribution < 1.29 is 19.1 Å². The van der Waals surface area contributed by atoms with E-state index in [9.17, 15) is 14.7 Å². The molecule has 0 aliphatic carbocycles. The second-order valence-corrected chi connectivity index (χ2v) is 5.20. The van der Waals surface area contributed by atoms with Crippen LogP contribution in [0, 0.1) is 0 Å². The summed E-state index contributed by atoms with van der Waals surface area (Å²) in [5, 5.41) is 12.2. The average Bonchev–Trinajstić information content (AvgIpc) is 3.18. The third-order valence-electron chi connectivity index (χ3n) is 3.59. The van der Waals surface area contributed by atoms with Gasteiger partial charge in [0.25, 0.3) is 11.8 Å². The molecule has 0 radical (unpaired) electrons. The van der Waals surface area contributed by atoms with Gasteiger partial charge in [-0.05, 0) is 42.8 Å². The topological polar surface area (TPSA) is 82.8 Å². The number of carbonyl (C=O) groups is 2. The van der Waals surface area contributed by atoms with Crippen LogP contribution in [0.3, 0.4) is 0 Å². The molecule has 2 aromatic rings. The standard InChI is InChI=1S/C16H16N2O4/c19-13-7-8-18(10-13)16(21)11-3-5-12(6-4-11)17-15(20)14-2-1-9-22-14/h1-6,9,13,19H,7-8,10H2,(H,17,20)/t13-/m1/s1. The van der Waals surface area contributed by atoms with Crippen molar-refractivity contribution in [2.45, 2.75) is 12.5 Å². The molecule has 1 aliphatic heterocycles. The number of nitrogens with zero attached hydrogens (tertiary/aromatic N) is 1. The highest BCUT2D eigenvalue weighted by Crippen LogP contribution is 2.16. The van der Waals surface area contributed by atoms with Gasteiger partial charge in [0.1, 0.15) is 0 Å². The molecule has 3 rings (SSSR count). The van der Waals surface area contributed by atoms with Crippen LogP contribution in [0.1, 0.15) is 27.3 Å². The molecule has 0 bridgehead atoms. The highest BCUT2D eigenvalue weighted by molar-refractivity contribution is 6.02. The first-order valence-corrected chi connectivity index (χ1v) is 7.06. The summed E-state index contributed by atoms with van der Waals surface area (Å²) in [4.78, 5) is 25.7. The Morgan fingerprint density at radius 1 is 1.23 bits per heavy atom. The van der Waals surface area contributed by atoms with Gasteiger partial charge < -0.3 is 19.7 Å². The summed E-state index contributed by atoms with van der Waals surface area (Å²) in [7, 11) is 0. The van der Waals surface area contributed by atoms with Crippen LogP contribution in [0.15, 0.2) is 47.1 Å². The lowest BCUT2D eigenvalue weighted by molar-refractivity contribution is 0.0765. The average molecular weight is 300 g/mol. The number of likely N-dealkylation sites (tertiary alicyclic amines) is 1. The zero-order chi connectivity index (χ0) is 15.5. The predicted octanol–water partition coefficient (Wildman–Crippen LogP) is 1.74. The van der Waals surface area contributed by atoms with Crippen molar-refractivity contribution in [3.05, 3.63) is 54.0 Å². The van der Waals surface area contributed by atoms with E-state index in [0.29, 0.717) is 30.8 Å². The third-order valence-corrected chi connectivity index (χ3v) is 3.59. The summed E-state index contributed by atoms with van der Waals surface area (Å²) in [6.07, 6.45) is 1.61. The van der Waals surface area contributed by atoms with E-state index in [1.54, 1.807) is 41.3 Å². The van der Waals surface area contributed by atoms with Crippen LogP contribution in [0.2, 0.25) is 0 Å². The van der Waals surface area contributed by atoms with Crippen molar-refractivity contribution in [1.82, 2.24) is 4.90 Å². The van der Waals surface area contributed by atoms with Gasteiger partial charge >= 0.3 is 0 Å². The van der Waals surface area contributed by atoms with Crippen LogP contribution in [-0.4, -0.2) is 41.0 Å². The summed E-state index contributed by atoms with van der Waals surface area (Å²) in [6.45, 7) is 0.937. The number of rotatable bonds is 3. The molecular formula is C16H16N2O4. The van der Waals surface area contributed by atoms with E-state index >= 15 is 0 Å². The van der Waals surface area contributed by atoms with Gasteiger partial charge in [-0.25, -0.2) is 0 Å². The first kappa shape index (κ1) is 14.3. The van der Waals surface area contributed by atoms with Crippen molar-refractivity contribution in [2.24, 2.45) is 0 Å². The van der Waals surface area contributed by atoms with Gasteiger partial charge in [-0.1, -0.05) is 0 Å². The Labute approximate surface area is 127 Å². The monoisotopic (exact) mass is 300 g/mol. The second-order valence-electron chi connectivity index (χ2n) is 5.20. The number of benzene rings is 1. The molecule has 1 saturated heterocycles. The summed E-state index contributed by atoms with van der Waals surface area (Å²) < 4.78 is 5.01. The zero-order valence-corrected chi connectivity index (χ0v) is 11.9. The van der Waals surface area contributed by atoms with E-state index in [4.69, 9.17) is 4.42 Å². The number of hydrogen-bond acceptors (Lipinski definition) is 4. The maximum atomic E-state index is 12.2. The summed E-state index contributed by atoms with van der Waals surface area (Å²) >= 11 is 0. The molecule has 1 atom stereocenters. The molecule has 0 saturated carbocycles. The maximum Gasteiger partial charge on any atom is 0.291 e. The van der Waals surface area contributed by atoms with Crippen molar-refractivity contribution >= 4 is 17.5 Å². The smallest absolute Gasteiger partial charge is 0.291 e. The van der Waals surface area contributed by atoms with E-state index in [2.05, 4.69) is 5.32 Å². The number of furan rings is 1. The highest BCUT2D eigenvalue weighted by Gasteiger charge is 2.25. The van der Waals surface area contributed by atoms with Crippen LogP contribution < -0.4 is 5.32 Å². The molecule has 114 valence electrons. The number of nitrogens with one attached hydrogen (secondary N) is 1. The van der Waals surface area contributed by atoms with Crippen LogP contribution in [0.25, 0.3) is 0 Å². The van der Waals surface area contributed by atoms with Gasteiger partial charge in [0.05, 0.1) is 12.4 Å². The SMILES string of the molecule is O=C(Nc1ccc(C(=O)N2CC[C@@H](O)C2)cc1)c1ccco1. The quantitative estimate of drug-likeness (QED) is 0.904. The Hall–Kier alpha value is -2.60. The fraction of sp³-hybridized carbons (Fsp3) is 0.250. The lowest BCUT2D eigenvalue weighted by Crippen LogP contribution is -2.29. The first-order valence-electron chi connectivity index (χ1n) is 7.06. The van der Waals surface area contributed by atoms with Gasteiger partial charge in [-0.3, -0.25) is 9.59 Å². The summed E-state index contributed by atoms with van der Waals surface area (Å²) in [5.74, 6) is -0.224. The zero-order valence-electron chi connectivity index (χ0n) is 11.9. The van der Waals surface area contributed by atoms with E-state index in [0.717, 1.165) is 0 Å². The van der Waals surface area contributed by atoms with Gasteiger partial charge in [0.15, 0.2) is 5.76 Å². The summed E-state index contributed by atoms with van der Waals surface area (Å²) in [6, 6.07) is 9.86. The van der Waals surface area contributed by atoms with Crippen molar-refractivity contribution in [2.75, 3.05) is 18.4 Å². The lowest BCUT2D eigenvalue weighted by atomic mass is 10.2. The van der Waals surface area contributed by atoms with Crippen LogP contribution in [0.5, 0.6) is 0 Å². The fourth-order valence-corrected chi connectivity index (χ4v) is 2.41. The number of hydrogen-bond donors (Lipinski definition) is 2. The molecule has 1 aromatic heterocycles. The Balaban J connectivity index is 1.65. The normalized spacial score (nSPS) is 17.5. The molecule has 1 aliphatic rings. The van der Waals surface area contributed by atoms with E-state index < -0.39 is 6.10 Å². The molecular weight excluding hydrogens is 284 g/mol. The number of β-amino-alcohol motifs (C(OH)–C–C–N with tert-alkyl or cyclic N) is 1. The summed E-state index contributed by atoms with van der Waals surface area (Å²) in [5.41, 5.74) is 1.12. The fourth-order valence-electron chi connectivity index (χ4n) is 2.41. The van der Waals surface area contributed by atoms with E-state index in [1.807, 2.05) is 0 Å². The molecule has 6 nitrogen and oxygen atoms in total. The number of amides is 2. The Morgan fingerprint density at radius 3 is 2.59 bits per heavy atom. The van der Waals surface area contributed by atoms with Gasteiger partial charge in [-0.15, -0.1) is 0 Å². The predicted molar refractivity (Wildman–Crippen MR) is 79.6 cm³/mol. The van der Waals surface area contributed by atoms with Crippen molar-refractivity contribution in [3.8, 4) is 0 Å². The minimum atomic E-state index is -0.434. The third kappa shape index (κ3) is 3.01. The Kier molecular flexibility index (Phi) is 3.93. The largest absolute Gasteiger partial charge is 0.459 e. The maximum absolute atomic E-state index is 12.2. The number of aliphatic hydroxyl groups is 1. The number of carbonyl (C=O) groups excluding carboxylic acids is 2. The Morgan fingerprint density at radius 2 is 2.00 bits per heavy atom. The molecule has 1 aromatic carbocycles. The number of aliphatic hydroxyl groups excluding tert-OH is 1.